The van der Waals surface area contributed by atoms with Crippen LogP contribution < -0.4 is 0 Å². The molecule has 0 aliphatic rings. The van der Waals surface area contributed by atoms with Crippen molar-refractivity contribution in [3.63, 3.8) is 0 Å². The van der Waals surface area contributed by atoms with E-state index in [9.17, 15) is 9.59 Å². The Kier molecular flexibility index (Phi) is 5.42. The van der Waals surface area contributed by atoms with Gasteiger partial charge < -0.3 is 9.47 Å². The lowest BCUT2D eigenvalue weighted by molar-refractivity contribution is 0.0555. The zero-order chi connectivity index (χ0) is 19.4. The third kappa shape index (κ3) is 3.78. The molecule has 3 heterocycles. The van der Waals surface area contributed by atoms with Crippen LogP contribution in [-0.4, -0.2) is 41.1 Å². The number of hydrogen-bond acceptors (Lipinski definition) is 7. The molecule has 3 aromatic rings. The van der Waals surface area contributed by atoms with Gasteiger partial charge in [0.05, 0.1) is 36.9 Å². The van der Waals surface area contributed by atoms with Crippen molar-refractivity contribution >= 4 is 23.5 Å². The van der Waals surface area contributed by atoms with Gasteiger partial charge in [0.25, 0.3) is 0 Å². The molecule has 0 saturated carbocycles. The number of carbonyl (C=O) groups excluding carboxylic acids is 2. The van der Waals surface area contributed by atoms with Crippen LogP contribution in [0.4, 0.5) is 0 Å². The van der Waals surface area contributed by atoms with E-state index < -0.39 is 11.9 Å². The van der Waals surface area contributed by atoms with Gasteiger partial charge in [-0.05, 0) is 30.3 Å². The lowest BCUT2D eigenvalue weighted by atomic mass is 10.0. The first kappa shape index (κ1) is 18.5. The Hall–Kier alpha value is -3.32. The minimum atomic E-state index is -0.728. The maximum Gasteiger partial charge on any atom is 0.341 e. The first-order valence-corrected chi connectivity index (χ1v) is 8.18. The van der Waals surface area contributed by atoms with E-state index in [2.05, 4.69) is 15.0 Å². The summed E-state index contributed by atoms with van der Waals surface area (Å²) in [5.74, 6) is -1.44. The summed E-state index contributed by atoms with van der Waals surface area (Å²) < 4.78 is 9.68. The van der Waals surface area contributed by atoms with Crippen LogP contribution in [0, 0.1) is 0 Å². The minimum Gasteiger partial charge on any atom is -0.465 e. The number of carbonyl (C=O) groups is 2. The van der Waals surface area contributed by atoms with Crippen LogP contribution in [0.5, 0.6) is 0 Å². The molecule has 0 N–H and O–H groups in total. The molecule has 0 fully saturated rings. The van der Waals surface area contributed by atoms with Crippen molar-refractivity contribution in [2.24, 2.45) is 0 Å². The molecule has 27 heavy (non-hydrogen) atoms. The van der Waals surface area contributed by atoms with Gasteiger partial charge in [-0.25, -0.2) is 14.6 Å². The summed E-state index contributed by atoms with van der Waals surface area (Å²) in [6.07, 6.45) is 3.08. The monoisotopic (exact) mass is 383 g/mol. The number of halogens is 1. The van der Waals surface area contributed by atoms with E-state index in [1.54, 1.807) is 36.5 Å². The predicted octanol–water partition coefficient (Wildman–Crippen LogP) is 3.43. The van der Waals surface area contributed by atoms with Gasteiger partial charge in [-0.1, -0.05) is 17.7 Å². The minimum absolute atomic E-state index is 0.00298. The molecular formula is C19H14ClN3O4. The summed E-state index contributed by atoms with van der Waals surface area (Å²) in [6, 6.07) is 9.78. The normalized spacial score (nSPS) is 10.3. The molecule has 8 heteroatoms. The molecule has 3 aromatic heterocycles. The van der Waals surface area contributed by atoms with Crippen molar-refractivity contribution in [3.8, 4) is 22.8 Å². The van der Waals surface area contributed by atoms with Crippen molar-refractivity contribution < 1.29 is 19.1 Å². The lowest BCUT2D eigenvalue weighted by Gasteiger charge is -2.13. The third-order valence-corrected chi connectivity index (χ3v) is 3.94. The molecular weight excluding hydrogens is 370 g/mol. The number of esters is 2. The fourth-order valence-electron chi connectivity index (χ4n) is 2.49. The maximum absolute atomic E-state index is 12.4. The van der Waals surface area contributed by atoms with Crippen LogP contribution in [0.1, 0.15) is 20.7 Å². The van der Waals surface area contributed by atoms with Gasteiger partial charge >= 0.3 is 11.9 Å². The van der Waals surface area contributed by atoms with Crippen molar-refractivity contribution in [3.05, 3.63) is 64.9 Å². The van der Waals surface area contributed by atoms with Crippen LogP contribution in [0.3, 0.4) is 0 Å². The molecule has 136 valence electrons. The number of pyridine rings is 3. The smallest absolute Gasteiger partial charge is 0.341 e. The molecule has 0 spiro atoms. The number of ether oxygens (including phenoxy) is 2. The Morgan fingerprint density at radius 1 is 0.889 bits per heavy atom. The van der Waals surface area contributed by atoms with Crippen LogP contribution in [0.2, 0.25) is 5.02 Å². The fourth-order valence-corrected chi connectivity index (χ4v) is 2.65. The molecule has 0 bridgehead atoms. The van der Waals surface area contributed by atoms with Crippen LogP contribution in [0.25, 0.3) is 22.8 Å². The van der Waals surface area contributed by atoms with Crippen molar-refractivity contribution in [2.75, 3.05) is 14.2 Å². The summed E-state index contributed by atoms with van der Waals surface area (Å²) in [5, 5.41) is 0.456. The second-order valence-corrected chi connectivity index (χ2v) is 5.77. The van der Waals surface area contributed by atoms with Crippen LogP contribution in [0.15, 0.2) is 48.8 Å². The van der Waals surface area contributed by atoms with Crippen LogP contribution in [-0.2, 0) is 9.47 Å². The zero-order valence-electron chi connectivity index (χ0n) is 14.5. The highest BCUT2D eigenvalue weighted by Crippen LogP contribution is 2.29. The third-order valence-electron chi connectivity index (χ3n) is 3.71. The van der Waals surface area contributed by atoms with Crippen molar-refractivity contribution in [2.45, 2.75) is 0 Å². The zero-order valence-corrected chi connectivity index (χ0v) is 15.2. The van der Waals surface area contributed by atoms with E-state index in [1.807, 2.05) is 0 Å². The van der Waals surface area contributed by atoms with Gasteiger partial charge in [0.15, 0.2) is 0 Å². The topological polar surface area (TPSA) is 91.3 Å². The van der Waals surface area contributed by atoms with Gasteiger partial charge in [0, 0.05) is 17.4 Å². The largest absolute Gasteiger partial charge is 0.465 e. The van der Waals surface area contributed by atoms with E-state index in [0.29, 0.717) is 22.1 Å². The quantitative estimate of drug-likeness (QED) is 0.637. The standard InChI is InChI=1S/C19H14ClN3O4/c1-26-18(24)12-10-15(14-9-11(20)6-8-22-14)23-17(16(12)19(25)27-2)13-5-3-4-7-21-13/h3-10H,1-2H3. The first-order valence-electron chi connectivity index (χ1n) is 7.80. The first-order chi connectivity index (χ1) is 13.0. The fraction of sp³-hybridized carbons (Fsp3) is 0.105. The second kappa shape index (κ2) is 7.92. The lowest BCUT2D eigenvalue weighted by Crippen LogP contribution is -2.15. The van der Waals surface area contributed by atoms with E-state index in [-0.39, 0.29) is 16.8 Å². The molecule has 0 aromatic carbocycles. The molecule has 0 radical (unpaired) electrons. The molecule has 7 nitrogen and oxygen atoms in total. The molecule has 3 rings (SSSR count). The van der Waals surface area contributed by atoms with Crippen LogP contribution >= 0.6 is 11.6 Å². The summed E-state index contributed by atoms with van der Waals surface area (Å²) >= 11 is 6.04. The van der Waals surface area contributed by atoms with Crippen molar-refractivity contribution in [1.29, 1.82) is 0 Å². The number of aromatic nitrogens is 3. The average Bonchev–Trinajstić information content (AvgIpc) is 2.72. The van der Waals surface area contributed by atoms with Gasteiger partial charge in [-0.2, -0.15) is 0 Å². The molecule has 0 atom stereocenters. The van der Waals surface area contributed by atoms with E-state index in [4.69, 9.17) is 21.1 Å². The Morgan fingerprint density at radius 2 is 1.63 bits per heavy atom. The molecule has 0 amide bonds. The van der Waals surface area contributed by atoms with Crippen molar-refractivity contribution in [1.82, 2.24) is 15.0 Å². The average molecular weight is 384 g/mol. The highest BCUT2D eigenvalue weighted by molar-refractivity contribution is 6.30. The highest BCUT2D eigenvalue weighted by Gasteiger charge is 2.27. The second-order valence-electron chi connectivity index (χ2n) is 5.34. The molecule has 0 unspecified atom stereocenters. The molecule has 0 aliphatic carbocycles. The molecule has 0 saturated heterocycles. The Morgan fingerprint density at radius 3 is 2.26 bits per heavy atom. The van der Waals surface area contributed by atoms with Gasteiger partial charge in [-0.3, -0.25) is 9.97 Å². The Balaban J connectivity index is 2.36. The Labute approximate surface area is 160 Å². The van der Waals surface area contributed by atoms with Gasteiger partial charge in [0.1, 0.15) is 11.3 Å². The highest BCUT2D eigenvalue weighted by atomic mass is 35.5. The molecule has 0 aliphatic heterocycles. The van der Waals surface area contributed by atoms with E-state index >= 15 is 0 Å². The van der Waals surface area contributed by atoms with E-state index in [1.165, 1.54) is 26.5 Å². The van der Waals surface area contributed by atoms with E-state index in [0.717, 1.165) is 0 Å². The SMILES string of the molecule is COC(=O)c1cc(-c2cc(Cl)ccn2)nc(-c2ccccn2)c1C(=O)OC. The predicted molar refractivity (Wildman–Crippen MR) is 98.4 cm³/mol. The number of rotatable bonds is 4. The summed E-state index contributed by atoms with van der Waals surface area (Å²) in [4.78, 5) is 37.8. The Bertz CT molecular complexity index is 1010. The maximum atomic E-state index is 12.4. The van der Waals surface area contributed by atoms with Gasteiger partial charge in [-0.15, -0.1) is 0 Å². The summed E-state index contributed by atoms with van der Waals surface area (Å²) in [7, 11) is 2.44. The summed E-state index contributed by atoms with van der Waals surface area (Å²) in [5.41, 5.74) is 1.31. The number of methoxy groups -OCH3 is 2. The number of hydrogen-bond donors (Lipinski definition) is 0. The van der Waals surface area contributed by atoms with Gasteiger partial charge in [0.2, 0.25) is 0 Å². The number of nitrogens with zero attached hydrogens (tertiary/aromatic N) is 3. The summed E-state index contributed by atoms with van der Waals surface area (Å²) in [6.45, 7) is 0.